The summed E-state index contributed by atoms with van der Waals surface area (Å²) in [5.74, 6) is 0.746. The summed E-state index contributed by atoms with van der Waals surface area (Å²) in [4.78, 5) is 10.3. The molecule has 0 aliphatic rings. The molecule has 0 amide bonds. The predicted octanol–water partition coefficient (Wildman–Crippen LogP) is 14.1. The van der Waals surface area contributed by atoms with Gasteiger partial charge in [-0.1, -0.05) is 155 Å². The second-order valence-corrected chi connectivity index (χ2v) is 17.2. The van der Waals surface area contributed by atoms with Gasteiger partial charge in [-0.25, -0.2) is 4.98 Å². The summed E-state index contributed by atoms with van der Waals surface area (Å²) < 4.78 is 8.41. The third-order valence-electron chi connectivity index (χ3n) is 11.9. The number of furan rings is 1. The Hall–Kier alpha value is -6.55. The van der Waals surface area contributed by atoms with Crippen LogP contribution < -0.4 is 0 Å². The van der Waals surface area contributed by atoms with Gasteiger partial charge < -0.3 is 9.52 Å². The topological polar surface area (TPSA) is 64.1 Å². The molecule has 0 radical (unpaired) electrons. The van der Waals surface area contributed by atoms with Crippen LogP contribution in [0.15, 0.2) is 174 Å². The molecule has 0 spiro atoms. The second-order valence-electron chi connectivity index (χ2n) is 17.2. The summed E-state index contributed by atoms with van der Waals surface area (Å²) in [5.41, 5.74) is 14.0. The van der Waals surface area contributed by atoms with Crippen LogP contribution in [0, 0.1) is 6.07 Å². The summed E-state index contributed by atoms with van der Waals surface area (Å²) in [6.45, 7) is 11.3. The molecule has 0 bridgehead atoms. The molecule has 6 heteroatoms. The Morgan fingerprint density at radius 3 is 2.02 bits per heavy atom. The summed E-state index contributed by atoms with van der Waals surface area (Å²) in [7, 11) is 0. The first-order chi connectivity index (χ1) is 29.0. The van der Waals surface area contributed by atoms with E-state index in [2.05, 4.69) is 154 Å². The number of hydrogen-bond acceptors (Lipinski definition) is 4. The number of aromatic hydroxyl groups is 1. The molecule has 0 aliphatic heterocycles. The smallest absolute Gasteiger partial charge is 0.148 e. The van der Waals surface area contributed by atoms with Crippen LogP contribution in [-0.2, 0) is 31.9 Å². The van der Waals surface area contributed by atoms with Gasteiger partial charge in [-0.05, 0) is 70.1 Å². The third kappa shape index (κ3) is 7.17. The van der Waals surface area contributed by atoms with Crippen LogP contribution in [0.2, 0.25) is 0 Å². The number of rotatable bonds is 7. The largest absolute Gasteiger partial charge is 0.507 e. The number of fused-ring (bicyclic) bond motifs is 4. The first kappa shape index (κ1) is 39.9. The van der Waals surface area contributed by atoms with Crippen molar-refractivity contribution in [2.45, 2.75) is 45.4 Å². The molecule has 302 valence electrons. The second kappa shape index (κ2) is 15.5. The maximum absolute atomic E-state index is 11.7. The molecular formula is C55H44N3O2Pt-. The minimum atomic E-state index is -0.159. The van der Waals surface area contributed by atoms with E-state index >= 15 is 0 Å². The van der Waals surface area contributed by atoms with Crippen molar-refractivity contribution in [1.29, 1.82) is 0 Å². The number of pyridine rings is 1. The minimum Gasteiger partial charge on any atom is -0.507 e. The van der Waals surface area contributed by atoms with E-state index in [-0.39, 0.29) is 37.6 Å². The molecule has 10 aromatic rings. The summed E-state index contributed by atoms with van der Waals surface area (Å²) in [5, 5.41) is 13.5. The normalized spacial score (nSPS) is 12.0. The molecule has 61 heavy (non-hydrogen) atoms. The fraction of sp³-hybridized carbons (Fsp3) is 0.127. The fourth-order valence-corrected chi connectivity index (χ4v) is 8.42. The third-order valence-corrected chi connectivity index (χ3v) is 11.9. The van der Waals surface area contributed by atoms with Crippen LogP contribution in [0.1, 0.15) is 51.3 Å². The van der Waals surface area contributed by atoms with E-state index in [1.165, 1.54) is 16.7 Å². The van der Waals surface area contributed by atoms with Gasteiger partial charge in [0.1, 0.15) is 22.7 Å². The average molecular weight is 974 g/mol. The molecule has 3 aromatic heterocycles. The maximum Gasteiger partial charge on any atom is 0.148 e. The van der Waals surface area contributed by atoms with Gasteiger partial charge in [0.15, 0.2) is 0 Å². The number of aromatic nitrogens is 3. The average Bonchev–Trinajstić information content (AvgIpc) is 3.84. The fourth-order valence-electron chi connectivity index (χ4n) is 8.42. The van der Waals surface area contributed by atoms with Crippen LogP contribution in [0.25, 0.3) is 83.6 Å². The van der Waals surface area contributed by atoms with Gasteiger partial charge in [-0.2, -0.15) is 0 Å². The molecule has 0 saturated carbocycles. The number of phenols is 1. The molecular weight excluding hydrogens is 930 g/mol. The van der Waals surface area contributed by atoms with E-state index < -0.39 is 0 Å². The van der Waals surface area contributed by atoms with Crippen LogP contribution in [0.4, 0.5) is 0 Å². The monoisotopic (exact) mass is 973 g/mol. The van der Waals surface area contributed by atoms with E-state index in [1.54, 1.807) is 6.07 Å². The molecule has 7 aromatic carbocycles. The van der Waals surface area contributed by atoms with Crippen molar-refractivity contribution in [3.8, 4) is 56.3 Å². The molecule has 1 N–H and O–H groups in total. The van der Waals surface area contributed by atoms with Gasteiger partial charge in [-0.15, -0.1) is 29.3 Å². The van der Waals surface area contributed by atoms with Crippen LogP contribution in [-0.4, -0.2) is 19.6 Å². The Labute approximate surface area is 370 Å². The van der Waals surface area contributed by atoms with Gasteiger partial charge in [0.25, 0.3) is 0 Å². The molecule has 0 aliphatic carbocycles. The maximum atomic E-state index is 11.7. The SMILES string of the molecule is CC(C)(C)c1cc(-c2cc(-c3ccc(C(C)(C)c4ccccc4)cc3)ccn2)[c-]c(-c2cccc3c2nc(-c2cc4oc5ccccc5c4cc2O)n3-c2ccccc2)c1.[Pt]. The Morgan fingerprint density at radius 2 is 1.26 bits per heavy atom. The van der Waals surface area contributed by atoms with Crippen molar-refractivity contribution in [2.75, 3.05) is 0 Å². The molecule has 0 atom stereocenters. The summed E-state index contributed by atoms with van der Waals surface area (Å²) in [6.07, 6.45) is 1.89. The number of benzene rings is 7. The Bertz CT molecular complexity index is 3210. The molecule has 5 nitrogen and oxygen atoms in total. The van der Waals surface area contributed by atoms with Crippen LogP contribution in [0.3, 0.4) is 0 Å². The minimum absolute atomic E-state index is 0. The van der Waals surface area contributed by atoms with Crippen LogP contribution in [0.5, 0.6) is 5.75 Å². The van der Waals surface area contributed by atoms with Gasteiger partial charge in [0.2, 0.25) is 0 Å². The van der Waals surface area contributed by atoms with E-state index in [0.717, 1.165) is 66.6 Å². The van der Waals surface area contributed by atoms with Crippen molar-refractivity contribution in [2.24, 2.45) is 0 Å². The van der Waals surface area contributed by atoms with E-state index in [1.807, 2.05) is 54.7 Å². The quantitative estimate of drug-likeness (QED) is 0.162. The molecule has 3 heterocycles. The number of hydrogen-bond donors (Lipinski definition) is 1. The standard InChI is InChI=1S/C55H44N3O2.Pt/c1-54(2,3)41-30-37(29-38(31-41)47-32-36(27-28-56-47)35-23-25-40(26-24-35)55(4,5)39-15-8-6-9-16-39)43-20-14-21-48-52(43)57-53(58(48)42-17-10-7-11-18-42)46-34-51-45(33-49(46)59)44-19-12-13-22-50(44)60-51;/h6-28,30-34,59H,1-5H3;/q-1;. The zero-order valence-corrected chi connectivity index (χ0v) is 37.0. The van der Waals surface area contributed by atoms with E-state index in [4.69, 9.17) is 14.4 Å². The van der Waals surface area contributed by atoms with E-state index in [0.29, 0.717) is 17.0 Å². The first-order valence-electron chi connectivity index (χ1n) is 20.5. The van der Waals surface area contributed by atoms with E-state index in [9.17, 15) is 5.11 Å². The van der Waals surface area contributed by atoms with Gasteiger partial charge in [0.05, 0.1) is 16.6 Å². The summed E-state index contributed by atoms with van der Waals surface area (Å²) in [6, 6.07) is 60.1. The Balaban J connectivity index is 0.00000476. The number of para-hydroxylation sites is 3. The molecule has 0 fully saturated rings. The van der Waals surface area contributed by atoms with Crippen LogP contribution >= 0.6 is 0 Å². The Morgan fingerprint density at radius 1 is 0.574 bits per heavy atom. The van der Waals surface area contributed by atoms with Crippen molar-refractivity contribution in [1.82, 2.24) is 14.5 Å². The predicted molar refractivity (Wildman–Crippen MR) is 246 cm³/mol. The van der Waals surface area contributed by atoms with Crippen molar-refractivity contribution < 1.29 is 30.6 Å². The number of phenolic OH excluding ortho intramolecular Hbond substituents is 1. The summed E-state index contributed by atoms with van der Waals surface area (Å²) >= 11 is 0. The van der Waals surface area contributed by atoms with Gasteiger partial charge in [-0.3, -0.25) is 9.55 Å². The molecule has 0 saturated heterocycles. The zero-order chi connectivity index (χ0) is 41.2. The number of nitrogens with zero attached hydrogens (tertiary/aromatic N) is 3. The Kier molecular flexibility index (Phi) is 10.1. The first-order valence-corrected chi connectivity index (χ1v) is 20.5. The van der Waals surface area contributed by atoms with Gasteiger partial charge in [0, 0.05) is 54.8 Å². The molecule has 10 rings (SSSR count). The zero-order valence-electron chi connectivity index (χ0n) is 34.7. The van der Waals surface area contributed by atoms with Crippen molar-refractivity contribution in [3.63, 3.8) is 0 Å². The molecule has 0 unspecified atom stereocenters. The van der Waals surface area contributed by atoms with Crippen molar-refractivity contribution in [3.05, 3.63) is 193 Å². The van der Waals surface area contributed by atoms with Gasteiger partial charge >= 0.3 is 0 Å². The number of imidazole rings is 1. The van der Waals surface area contributed by atoms with Crippen molar-refractivity contribution >= 4 is 33.0 Å².